The van der Waals surface area contributed by atoms with E-state index >= 15 is 0 Å². The van der Waals surface area contributed by atoms with Crippen molar-refractivity contribution >= 4 is 10.8 Å². The average molecular weight is 413 g/mol. The summed E-state index contributed by atoms with van der Waals surface area (Å²) in [6, 6.07) is 14.7. The molecule has 0 atom stereocenters. The second kappa shape index (κ2) is 9.81. The molecule has 0 fully saturated rings. The second-order valence-corrected chi connectivity index (χ2v) is 5.78. The van der Waals surface area contributed by atoms with Crippen LogP contribution in [0.2, 0.25) is 0 Å². The Labute approximate surface area is 166 Å². The molecule has 0 nitrogen and oxygen atoms in total. The topological polar surface area (TPSA) is 0 Å². The Morgan fingerprint density at radius 1 is 0.955 bits per heavy atom. The Balaban J connectivity index is 0. The number of allylic oxidation sites excluding steroid dienone is 4. The van der Waals surface area contributed by atoms with Gasteiger partial charge in [-0.2, -0.15) is 28.7 Å². The molecule has 0 spiro atoms. The van der Waals surface area contributed by atoms with E-state index in [9.17, 15) is 0 Å². The molecule has 3 rings (SSSR count). The number of rotatable bonds is 0. The minimum atomic E-state index is 0. The van der Waals surface area contributed by atoms with Crippen molar-refractivity contribution in [3.8, 4) is 0 Å². The van der Waals surface area contributed by atoms with E-state index in [1.165, 1.54) is 27.5 Å². The maximum atomic E-state index is 3.44. The van der Waals surface area contributed by atoms with Gasteiger partial charge in [-0.25, -0.2) is 5.57 Å². The van der Waals surface area contributed by atoms with Crippen LogP contribution in [0.15, 0.2) is 59.2 Å². The quantitative estimate of drug-likeness (QED) is 0.521. The van der Waals surface area contributed by atoms with Crippen molar-refractivity contribution in [2.45, 2.75) is 34.6 Å². The van der Waals surface area contributed by atoms with Crippen molar-refractivity contribution in [1.29, 1.82) is 0 Å². The van der Waals surface area contributed by atoms with Gasteiger partial charge in [0.1, 0.15) is 0 Å². The summed E-state index contributed by atoms with van der Waals surface area (Å²) in [6.45, 7) is 10.9. The fourth-order valence-corrected chi connectivity index (χ4v) is 2.48. The zero-order chi connectivity index (χ0) is 14.0. The molecule has 2 aromatic carbocycles. The van der Waals surface area contributed by atoms with Crippen molar-refractivity contribution in [1.82, 2.24) is 0 Å². The predicted octanol–water partition coefficient (Wildman–Crippen LogP) is -0.324. The molecular weight excluding hydrogens is 390 g/mol. The summed E-state index contributed by atoms with van der Waals surface area (Å²) < 4.78 is 0. The molecule has 0 bridgehead atoms. The standard InChI is InChI=1S/C10H15.C9H7.2ClH.Zr/c1-7-6-10(4,5)9(3)8(7)2;1-2-5-9-7-3-6-8(9)4-1;;;/h1-5H3;1-7H;2*1H;/q2*-1;;;+4/p-2. The van der Waals surface area contributed by atoms with E-state index in [0.717, 1.165) is 0 Å². The Morgan fingerprint density at radius 2 is 1.55 bits per heavy atom. The number of benzene rings is 1. The van der Waals surface area contributed by atoms with Gasteiger partial charge in [-0.05, 0) is 0 Å². The van der Waals surface area contributed by atoms with Crippen LogP contribution in [-0.4, -0.2) is 0 Å². The summed E-state index contributed by atoms with van der Waals surface area (Å²) >= 11 is 0. The zero-order valence-corrected chi connectivity index (χ0v) is 17.8. The number of hydrogen-bond acceptors (Lipinski definition) is 0. The van der Waals surface area contributed by atoms with Crippen molar-refractivity contribution in [2.24, 2.45) is 5.41 Å². The number of halogens is 2. The van der Waals surface area contributed by atoms with Crippen molar-refractivity contribution in [3.05, 3.63) is 65.3 Å². The first-order valence-electron chi connectivity index (χ1n) is 6.82. The first kappa shape index (κ1) is 24.0. The second-order valence-electron chi connectivity index (χ2n) is 5.78. The van der Waals surface area contributed by atoms with Gasteiger partial charge >= 0.3 is 26.2 Å². The molecule has 0 N–H and O–H groups in total. The number of fused-ring (bicyclic) bond motifs is 1. The molecule has 22 heavy (non-hydrogen) atoms. The van der Waals surface area contributed by atoms with Gasteiger partial charge in [0.15, 0.2) is 0 Å². The molecule has 0 aromatic heterocycles. The first-order chi connectivity index (χ1) is 8.92. The van der Waals surface area contributed by atoms with Gasteiger partial charge in [-0.3, -0.25) is 6.08 Å². The molecule has 0 heterocycles. The molecule has 116 valence electrons. The van der Waals surface area contributed by atoms with Gasteiger partial charge in [0.25, 0.3) is 0 Å². The molecule has 0 radical (unpaired) electrons. The van der Waals surface area contributed by atoms with Gasteiger partial charge in [0.05, 0.1) is 0 Å². The van der Waals surface area contributed by atoms with Gasteiger partial charge in [-0.1, -0.05) is 39.2 Å². The predicted molar refractivity (Wildman–Crippen MR) is 84.1 cm³/mol. The zero-order valence-electron chi connectivity index (χ0n) is 13.8. The molecule has 1 aliphatic rings. The summed E-state index contributed by atoms with van der Waals surface area (Å²) in [6.07, 6.45) is 3.44. The van der Waals surface area contributed by atoms with E-state index in [4.69, 9.17) is 0 Å². The van der Waals surface area contributed by atoms with Crippen LogP contribution >= 0.6 is 0 Å². The van der Waals surface area contributed by atoms with Crippen LogP contribution in [-0.2, 0) is 26.2 Å². The van der Waals surface area contributed by atoms with E-state index in [0.29, 0.717) is 0 Å². The summed E-state index contributed by atoms with van der Waals surface area (Å²) in [5, 5.41) is 2.66. The van der Waals surface area contributed by atoms with Crippen LogP contribution in [0.25, 0.3) is 10.8 Å². The monoisotopic (exact) mass is 410 g/mol. The van der Waals surface area contributed by atoms with E-state index in [1.54, 1.807) is 0 Å². The van der Waals surface area contributed by atoms with Gasteiger partial charge in [-0.15, -0.1) is 36.6 Å². The first-order valence-corrected chi connectivity index (χ1v) is 6.82. The summed E-state index contributed by atoms with van der Waals surface area (Å²) in [5.41, 5.74) is 4.39. The van der Waals surface area contributed by atoms with Crippen molar-refractivity contribution in [3.63, 3.8) is 0 Å². The Morgan fingerprint density at radius 3 is 1.95 bits per heavy atom. The normalized spacial score (nSPS) is 14.9. The van der Waals surface area contributed by atoms with Crippen LogP contribution in [0.1, 0.15) is 34.6 Å². The Hall–Kier alpha value is -0.227. The maximum Gasteiger partial charge on any atom is 4.00 e. The maximum absolute atomic E-state index is 3.44. The van der Waals surface area contributed by atoms with E-state index in [1.807, 2.05) is 0 Å². The van der Waals surface area contributed by atoms with E-state index in [-0.39, 0.29) is 56.4 Å². The van der Waals surface area contributed by atoms with Gasteiger partial charge in [0.2, 0.25) is 0 Å². The fraction of sp³-hybridized carbons (Fsp3) is 0.316. The van der Waals surface area contributed by atoms with Crippen LogP contribution < -0.4 is 24.8 Å². The SMILES string of the molecule is CC1=[C-]C(C)(C)C(C)=C1C.[Cl-].[Cl-].[Zr+4].c1ccc2[cH-]ccc2c1. The van der Waals surface area contributed by atoms with Crippen LogP contribution in [0.3, 0.4) is 0 Å². The molecule has 2 aromatic rings. The van der Waals surface area contributed by atoms with Gasteiger partial charge in [0, 0.05) is 0 Å². The van der Waals surface area contributed by atoms with E-state index < -0.39 is 0 Å². The molecule has 3 heteroatoms. The minimum absolute atomic E-state index is 0. The van der Waals surface area contributed by atoms with Crippen LogP contribution in [0.4, 0.5) is 0 Å². The van der Waals surface area contributed by atoms with Crippen LogP contribution in [0, 0.1) is 11.5 Å². The molecule has 0 saturated carbocycles. The molecule has 0 saturated heterocycles. The summed E-state index contributed by atoms with van der Waals surface area (Å²) in [5.74, 6) is 0. The minimum Gasteiger partial charge on any atom is -1.00 e. The number of hydrogen-bond donors (Lipinski definition) is 0. The van der Waals surface area contributed by atoms with Crippen molar-refractivity contribution < 1.29 is 51.0 Å². The Bertz CT molecular complexity index is 618. The third-order valence-electron chi connectivity index (χ3n) is 4.11. The molecule has 0 unspecified atom stereocenters. The van der Waals surface area contributed by atoms with Crippen molar-refractivity contribution in [2.75, 3.05) is 0 Å². The summed E-state index contributed by atoms with van der Waals surface area (Å²) in [7, 11) is 0. The third-order valence-corrected chi connectivity index (χ3v) is 4.11. The average Bonchev–Trinajstić information content (AvgIpc) is 2.90. The fourth-order valence-electron chi connectivity index (χ4n) is 2.48. The van der Waals surface area contributed by atoms with Crippen LogP contribution in [0.5, 0.6) is 0 Å². The smallest absolute Gasteiger partial charge is 1.00 e. The summed E-state index contributed by atoms with van der Waals surface area (Å²) in [4.78, 5) is 0. The molecule has 1 aliphatic carbocycles. The van der Waals surface area contributed by atoms with Gasteiger partial charge < -0.3 is 24.8 Å². The molecular formula is C19H22Cl2Zr. The molecule has 0 amide bonds. The largest absolute Gasteiger partial charge is 4.00 e. The third kappa shape index (κ3) is 5.45. The Kier molecular flexibility index (Phi) is 10.7. The molecule has 0 aliphatic heterocycles. The van der Waals surface area contributed by atoms with E-state index in [2.05, 4.69) is 83.2 Å².